The van der Waals surface area contributed by atoms with Gasteiger partial charge >= 0.3 is 7.12 Å². The van der Waals surface area contributed by atoms with Crippen LogP contribution in [-0.4, -0.2) is 52.4 Å². The van der Waals surface area contributed by atoms with Gasteiger partial charge in [0, 0.05) is 13.0 Å². The molecule has 0 aromatic carbocycles. The van der Waals surface area contributed by atoms with Crippen molar-refractivity contribution in [3.63, 3.8) is 0 Å². The van der Waals surface area contributed by atoms with Gasteiger partial charge in [-0.3, -0.25) is 9.59 Å². The minimum absolute atomic E-state index is 0.0263. The molecular weight excluding hydrogens is 249 g/mol. The van der Waals surface area contributed by atoms with E-state index in [1.807, 2.05) is 6.92 Å². The van der Waals surface area contributed by atoms with Crippen molar-refractivity contribution < 1.29 is 19.6 Å². The summed E-state index contributed by atoms with van der Waals surface area (Å²) in [6.07, 6.45) is 0.176. The van der Waals surface area contributed by atoms with E-state index in [2.05, 4.69) is 0 Å². The lowest BCUT2D eigenvalue weighted by Crippen LogP contribution is -2.52. The largest absolute Gasteiger partial charge is 0.480 e. The van der Waals surface area contributed by atoms with Crippen molar-refractivity contribution in [3.05, 3.63) is 11.1 Å². The Hall–Kier alpha value is -1.38. The molecule has 1 aliphatic rings. The Labute approximate surface area is 112 Å². The first kappa shape index (κ1) is 15.7. The summed E-state index contributed by atoms with van der Waals surface area (Å²) in [5.74, 6) is -1.70. The standard InChI is InChI=1S/C11H20BN3O4/c1-6-5-15(10(7(6)2)12(18)19)11(17)8(13)3-4-9(14)16/h8,10,18-19H,3-5,13H2,1-2H3,(H2,14,16)/t8-,10?/m0/s1. The van der Waals surface area contributed by atoms with Gasteiger partial charge in [0.1, 0.15) is 0 Å². The van der Waals surface area contributed by atoms with Crippen LogP contribution in [0.4, 0.5) is 0 Å². The van der Waals surface area contributed by atoms with E-state index in [-0.39, 0.29) is 12.8 Å². The molecule has 0 radical (unpaired) electrons. The predicted octanol–water partition coefficient (Wildman–Crippen LogP) is -1.86. The maximum Gasteiger partial charge on any atom is 0.480 e. The molecule has 0 spiro atoms. The molecule has 0 aromatic rings. The highest BCUT2D eigenvalue weighted by molar-refractivity contribution is 6.45. The third-order valence-corrected chi connectivity index (χ3v) is 3.44. The van der Waals surface area contributed by atoms with Crippen LogP contribution in [0.5, 0.6) is 0 Å². The minimum atomic E-state index is -1.65. The molecule has 7 nitrogen and oxygen atoms in total. The molecule has 19 heavy (non-hydrogen) atoms. The highest BCUT2D eigenvalue weighted by Crippen LogP contribution is 2.25. The van der Waals surface area contributed by atoms with E-state index in [0.717, 1.165) is 11.1 Å². The van der Waals surface area contributed by atoms with Gasteiger partial charge in [0.2, 0.25) is 11.8 Å². The molecular formula is C11H20BN3O4. The fourth-order valence-corrected chi connectivity index (χ4v) is 2.20. The Morgan fingerprint density at radius 3 is 2.53 bits per heavy atom. The van der Waals surface area contributed by atoms with Crippen LogP contribution in [0.25, 0.3) is 0 Å². The zero-order chi connectivity index (χ0) is 14.7. The number of rotatable bonds is 5. The molecule has 0 fully saturated rings. The van der Waals surface area contributed by atoms with Crippen molar-refractivity contribution in [1.82, 2.24) is 4.90 Å². The second-order valence-corrected chi connectivity index (χ2v) is 4.90. The first-order valence-corrected chi connectivity index (χ1v) is 6.12. The Morgan fingerprint density at radius 1 is 1.47 bits per heavy atom. The van der Waals surface area contributed by atoms with Crippen LogP contribution in [0, 0.1) is 0 Å². The van der Waals surface area contributed by atoms with Crippen LogP contribution in [0.3, 0.4) is 0 Å². The lowest BCUT2D eigenvalue weighted by atomic mass is 9.75. The van der Waals surface area contributed by atoms with Crippen LogP contribution in [0.1, 0.15) is 26.7 Å². The molecule has 0 saturated carbocycles. The van der Waals surface area contributed by atoms with Crippen LogP contribution < -0.4 is 11.5 Å². The predicted molar refractivity (Wildman–Crippen MR) is 70.5 cm³/mol. The summed E-state index contributed by atoms with van der Waals surface area (Å²) >= 11 is 0. The first-order valence-electron chi connectivity index (χ1n) is 6.12. The average Bonchev–Trinajstić information content (AvgIpc) is 2.61. The molecule has 1 heterocycles. The molecule has 1 rings (SSSR count). The molecule has 0 saturated heterocycles. The maximum absolute atomic E-state index is 12.2. The van der Waals surface area contributed by atoms with E-state index >= 15 is 0 Å². The van der Waals surface area contributed by atoms with Crippen molar-refractivity contribution in [1.29, 1.82) is 0 Å². The van der Waals surface area contributed by atoms with Gasteiger partial charge in [0.05, 0.1) is 12.0 Å². The highest BCUT2D eigenvalue weighted by atomic mass is 16.4. The van der Waals surface area contributed by atoms with Gasteiger partial charge in [-0.1, -0.05) is 11.1 Å². The summed E-state index contributed by atoms with van der Waals surface area (Å²) in [4.78, 5) is 24.2. The van der Waals surface area contributed by atoms with Crippen LogP contribution in [-0.2, 0) is 9.59 Å². The molecule has 106 valence electrons. The summed E-state index contributed by atoms with van der Waals surface area (Å²) in [7, 11) is -1.65. The minimum Gasteiger partial charge on any atom is -0.426 e. The number of hydrogen-bond donors (Lipinski definition) is 4. The quantitative estimate of drug-likeness (QED) is 0.343. The third kappa shape index (κ3) is 3.56. The fourth-order valence-electron chi connectivity index (χ4n) is 2.20. The molecule has 0 aliphatic carbocycles. The number of nitrogens with two attached hydrogens (primary N) is 2. The van der Waals surface area contributed by atoms with Crippen molar-refractivity contribution in [2.75, 3.05) is 6.54 Å². The lowest BCUT2D eigenvalue weighted by molar-refractivity contribution is -0.132. The van der Waals surface area contributed by atoms with E-state index in [4.69, 9.17) is 11.5 Å². The second kappa shape index (κ2) is 6.18. The van der Waals surface area contributed by atoms with E-state index < -0.39 is 30.9 Å². The number of primary amides is 1. The number of carbonyl (C=O) groups is 2. The fraction of sp³-hybridized carbons (Fsp3) is 0.636. The van der Waals surface area contributed by atoms with E-state index in [1.165, 1.54) is 4.90 Å². The second-order valence-electron chi connectivity index (χ2n) is 4.90. The molecule has 2 amide bonds. The lowest BCUT2D eigenvalue weighted by Gasteiger charge is -2.28. The molecule has 2 atom stereocenters. The SMILES string of the molecule is CC1=C(C)C(B(O)O)N(C(=O)[C@@H](N)CCC(N)=O)C1. The van der Waals surface area contributed by atoms with Crippen molar-refractivity contribution >= 4 is 18.9 Å². The first-order chi connectivity index (χ1) is 8.75. The molecule has 6 N–H and O–H groups in total. The number of hydrogen-bond acceptors (Lipinski definition) is 5. The highest BCUT2D eigenvalue weighted by Gasteiger charge is 2.40. The molecule has 0 bridgehead atoms. The van der Waals surface area contributed by atoms with Gasteiger partial charge in [-0.15, -0.1) is 0 Å². The summed E-state index contributed by atoms with van der Waals surface area (Å²) in [6.45, 7) is 3.89. The molecule has 1 unspecified atom stereocenters. The van der Waals surface area contributed by atoms with Crippen molar-refractivity contribution in [2.45, 2.75) is 38.7 Å². The van der Waals surface area contributed by atoms with E-state index in [0.29, 0.717) is 6.54 Å². The summed E-state index contributed by atoms with van der Waals surface area (Å²) < 4.78 is 0. The summed E-state index contributed by atoms with van der Waals surface area (Å²) in [6, 6.07) is -0.868. The number of nitrogens with zero attached hydrogens (tertiary/aromatic N) is 1. The molecule has 0 aromatic heterocycles. The Morgan fingerprint density at radius 2 is 2.05 bits per heavy atom. The molecule has 1 aliphatic heterocycles. The van der Waals surface area contributed by atoms with Gasteiger partial charge in [-0.25, -0.2) is 0 Å². The number of amides is 2. The maximum atomic E-state index is 12.2. The molecule has 8 heteroatoms. The van der Waals surface area contributed by atoms with Crippen LogP contribution >= 0.6 is 0 Å². The van der Waals surface area contributed by atoms with Gasteiger partial charge in [-0.05, 0) is 20.3 Å². The Kier molecular flexibility index (Phi) is 5.10. The number of carbonyl (C=O) groups excluding carboxylic acids is 2. The third-order valence-electron chi connectivity index (χ3n) is 3.44. The average molecular weight is 269 g/mol. The monoisotopic (exact) mass is 269 g/mol. The van der Waals surface area contributed by atoms with E-state index in [1.54, 1.807) is 6.92 Å². The Balaban J connectivity index is 2.74. The zero-order valence-electron chi connectivity index (χ0n) is 11.2. The normalized spacial score (nSPS) is 20.7. The zero-order valence-corrected chi connectivity index (χ0v) is 11.2. The van der Waals surface area contributed by atoms with Crippen molar-refractivity contribution in [2.24, 2.45) is 11.5 Å². The van der Waals surface area contributed by atoms with Crippen LogP contribution in [0.2, 0.25) is 0 Å². The summed E-state index contributed by atoms with van der Waals surface area (Å²) in [5, 5.41) is 18.7. The van der Waals surface area contributed by atoms with Gasteiger partial charge in [0.25, 0.3) is 0 Å². The van der Waals surface area contributed by atoms with Gasteiger partial charge in [-0.2, -0.15) is 0 Å². The van der Waals surface area contributed by atoms with Crippen LogP contribution in [0.15, 0.2) is 11.1 Å². The van der Waals surface area contributed by atoms with Gasteiger partial charge < -0.3 is 26.4 Å². The smallest absolute Gasteiger partial charge is 0.426 e. The van der Waals surface area contributed by atoms with E-state index in [9.17, 15) is 19.6 Å². The van der Waals surface area contributed by atoms with Gasteiger partial charge in [0.15, 0.2) is 0 Å². The van der Waals surface area contributed by atoms with Crippen molar-refractivity contribution in [3.8, 4) is 0 Å². The summed E-state index contributed by atoms with van der Waals surface area (Å²) in [5.41, 5.74) is 12.4. The topological polar surface area (TPSA) is 130 Å². The Bertz CT molecular complexity index is 411.